The van der Waals surface area contributed by atoms with Crippen molar-refractivity contribution in [1.29, 1.82) is 0 Å². The zero-order valence-electron chi connectivity index (χ0n) is 7.40. The number of fused-ring (bicyclic) bond motifs is 1. The average Bonchev–Trinajstić information content (AvgIpc) is 2.59. The standard InChI is InChI=1S/C9H7ClN2O2/c1-14-9(13)7-5-12-3-2-6(10)4-8(12)11-7/h2-5H,1H3. The average molecular weight is 211 g/mol. The van der Waals surface area contributed by atoms with Crippen LogP contribution in [-0.2, 0) is 4.74 Å². The third kappa shape index (κ3) is 1.44. The van der Waals surface area contributed by atoms with Crippen LogP contribution in [0.4, 0.5) is 0 Å². The van der Waals surface area contributed by atoms with Crippen LogP contribution in [0, 0.1) is 0 Å². The van der Waals surface area contributed by atoms with Gasteiger partial charge in [0.25, 0.3) is 0 Å². The second-order valence-electron chi connectivity index (χ2n) is 2.73. The minimum Gasteiger partial charge on any atom is -0.464 e. The third-order valence-electron chi connectivity index (χ3n) is 1.82. The summed E-state index contributed by atoms with van der Waals surface area (Å²) < 4.78 is 6.25. The van der Waals surface area contributed by atoms with Gasteiger partial charge in [0.15, 0.2) is 5.69 Å². The molecule has 0 aromatic carbocycles. The molecule has 0 aliphatic carbocycles. The minimum absolute atomic E-state index is 0.273. The molecule has 0 fully saturated rings. The van der Waals surface area contributed by atoms with Gasteiger partial charge in [-0.2, -0.15) is 0 Å². The Bertz CT molecular complexity index is 493. The smallest absolute Gasteiger partial charge is 0.358 e. The van der Waals surface area contributed by atoms with Crippen molar-refractivity contribution in [3.63, 3.8) is 0 Å². The zero-order valence-corrected chi connectivity index (χ0v) is 8.15. The van der Waals surface area contributed by atoms with E-state index in [0.717, 1.165) is 0 Å². The number of pyridine rings is 1. The van der Waals surface area contributed by atoms with E-state index in [-0.39, 0.29) is 5.69 Å². The van der Waals surface area contributed by atoms with Gasteiger partial charge in [0.2, 0.25) is 0 Å². The number of aromatic nitrogens is 2. The van der Waals surface area contributed by atoms with Gasteiger partial charge >= 0.3 is 5.97 Å². The molecule has 0 radical (unpaired) electrons. The summed E-state index contributed by atoms with van der Waals surface area (Å²) in [5.41, 5.74) is 0.896. The number of methoxy groups -OCH3 is 1. The van der Waals surface area contributed by atoms with Crippen LogP contribution < -0.4 is 0 Å². The number of esters is 1. The molecule has 2 aromatic heterocycles. The molecular weight excluding hydrogens is 204 g/mol. The highest BCUT2D eigenvalue weighted by Crippen LogP contribution is 2.12. The van der Waals surface area contributed by atoms with E-state index in [0.29, 0.717) is 10.7 Å². The summed E-state index contributed by atoms with van der Waals surface area (Å²) in [5, 5.41) is 0.583. The van der Waals surface area contributed by atoms with E-state index in [9.17, 15) is 4.79 Å². The molecule has 2 aromatic rings. The van der Waals surface area contributed by atoms with Crippen molar-refractivity contribution in [2.24, 2.45) is 0 Å². The summed E-state index contributed by atoms with van der Waals surface area (Å²) in [6, 6.07) is 3.39. The Hall–Kier alpha value is -1.55. The number of ether oxygens (including phenoxy) is 1. The number of hydrogen-bond donors (Lipinski definition) is 0. The fourth-order valence-corrected chi connectivity index (χ4v) is 1.31. The van der Waals surface area contributed by atoms with Crippen LogP contribution in [0.5, 0.6) is 0 Å². The molecule has 0 saturated carbocycles. The largest absolute Gasteiger partial charge is 0.464 e. The molecule has 0 spiro atoms. The van der Waals surface area contributed by atoms with E-state index in [1.165, 1.54) is 7.11 Å². The lowest BCUT2D eigenvalue weighted by Gasteiger charge is -1.90. The van der Waals surface area contributed by atoms with E-state index in [1.54, 1.807) is 28.9 Å². The molecule has 0 aliphatic rings. The molecule has 0 unspecified atom stereocenters. The van der Waals surface area contributed by atoms with Gasteiger partial charge in [-0.15, -0.1) is 0 Å². The molecule has 2 rings (SSSR count). The summed E-state index contributed by atoms with van der Waals surface area (Å²) >= 11 is 5.77. The third-order valence-corrected chi connectivity index (χ3v) is 2.05. The molecule has 0 aliphatic heterocycles. The predicted molar refractivity (Wildman–Crippen MR) is 51.5 cm³/mol. The molecule has 0 N–H and O–H groups in total. The molecule has 0 atom stereocenters. The quantitative estimate of drug-likeness (QED) is 0.674. The molecule has 14 heavy (non-hydrogen) atoms. The Labute approximate surface area is 85.1 Å². The number of nitrogens with zero attached hydrogens (tertiary/aromatic N) is 2. The number of halogens is 1. The predicted octanol–water partition coefficient (Wildman–Crippen LogP) is 1.77. The number of carbonyl (C=O) groups is 1. The topological polar surface area (TPSA) is 43.6 Å². The highest BCUT2D eigenvalue weighted by atomic mass is 35.5. The van der Waals surface area contributed by atoms with Crippen LogP contribution in [-0.4, -0.2) is 22.5 Å². The van der Waals surface area contributed by atoms with Crippen molar-refractivity contribution in [2.45, 2.75) is 0 Å². The molecule has 5 heteroatoms. The normalized spacial score (nSPS) is 10.4. The first-order valence-corrected chi connectivity index (χ1v) is 4.31. The Kier molecular flexibility index (Phi) is 2.13. The summed E-state index contributed by atoms with van der Waals surface area (Å²) in [6.07, 6.45) is 3.33. The maximum absolute atomic E-state index is 11.1. The number of rotatable bonds is 1. The first-order chi connectivity index (χ1) is 6.70. The van der Waals surface area contributed by atoms with Crippen molar-refractivity contribution >= 4 is 23.2 Å². The van der Waals surface area contributed by atoms with Crippen molar-refractivity contribution in [1.82, 2.24) is 9.38 Å². The monoisotopic (exact) mass is 210 g/mol. The van der Waals surface area contributed by atoms with Gasteiger partial charge in [0.05, 0.1) is 7.11 Å². The van der Waals surface area contributed by atoms with Gasteiger partial charge in [-0.3, -0.25) is 0 Å². The number of imidazole rings is 1. The summed E-state index contributed by atoms with van der Waals surface area (Å²) in [4.78, 5) is 15.2. The zero-order chi connectivity index (χ0) is 10.1. The molecule has 2 heterocycles. The molecule has 0 bridgehead atoms. The van der Waals surface area contributed by atoms with Gasteiger partial charge < -0.3 is 9.14 Å². The van der Waals surface area contributed by atoms with E-state index in [1.807, 2.05) is 0 Å². The Morgan fingerprint density at radius 3 is 3.14 bits per heavy atom. The van der Waals surface area contributed by atoms with Crippen molar-refractivity contribution in [2.75, 3.05) is 7.11 Å². The van der Waals surface area contributed by atoms with E-state index >= 15 is 0 Å². The summed E-state index contributed by atoms with van der Waals surface area (Å²) in [7, 11) is 1.32. The maximum atomic E-state index is 11.1. The first-order valence-electron chi connectivity index (χ1n) is 3.93. The van der Waals surface area contributed by atoms with Crippen LogP contribution >= 0.6 is 11.6 Å². The number of hydrogen-bond acceptors (Lipinski definition) is 3. The fraction of sp³-hybridized carbons (Fsp3) is 0.111. The van der Waals surface area contributed by atoms with Crippen LogP contribution in [0.25, 0.3) is 5.65 Å². The fourth-order valence-electron chi connectivity index (χ4n) is 1.16. The molecule has 0 saturated heterocycles. The highest BCUT2D eigenvalue weighted by Gasteiger charge is 2.10. The molecule has 0 amide bonds. The van der Waals surface area contributed by atoms with E-state index in [2.05, 4.69) is 9.72 Å². The Balaban J connectivity index is 2.56. The van der Waals surface area contributed by atoms with Gasteiger partial charge in [-0.05, 0) is 6.07 Å². The Morgan fingerprint density at radius 2 is 2.43 bits per heavy atom. The van der Waals surface area contributed by atoms with Crippen LogP contribution in [0.2, 0.25) is 5.02 Å². The second-order valence-corrected chi connectivity index (χ2v) is 3.16. The van der Waals surface area contributed by atoms with Crippen molar-refractivity contribution in [3.8, 4) is 0 Å². The van der Waals surface area contributed by atoms with E-state index < -0.39 is 5.97 Å². The van der Waals surface area contributed by atoms with E-state index in [4.69, 9.17) is 11.6 Å². The number of carbonyl (C=O) groups excluding carboxylic acids is 1. The minimum atomic E-state index is -0.454. The maximum Gasteiger partial charge on any atom is 0.358 e. The molecule has 4 nitrogen and oxygen atoms in total. The van der Waals surface area contributed by atoms with Gasteiger partial charge in [-0.25, -0.2) is 9.78 Å². The first kappa shape index (κ1) is 9.02. The van der Waals surface area contributed by atoms with Gasteiger partial charge in [0, 0.05) is 23.5 Å². The van der Waals surface area contributed by atoms with Crippen LogP contribution in [0.3, 0.4) is 0 Å². The lowest BCUT2D eigenvalue weighted by molar-refractivity contribution is 0.0595. The Morgan fingerprint density at radius 1 is 1.64 bits per heavy atom. The van der Waals surface area contributed by atoms with Crippen molar-refractivity contribution < 1.29 is 9.53 Å². The van der Waals surface area contributed by atoms with Gasteiger partial charge in [-0.1, -0.05) is 11.6 Å². The van der Waals surface area contributed by atoms with Gasteiger partial charge in [0.1, 0.15) is 5.65 Å². The highest BCUT2D eigenvalue weighted by molar-refractivity contribution is 6.30. The second kappa shape index (κ2) is 3.31. The lowest BCUT2D eigenvalue weighted by Crippen LogP contribution is -2.00. The SMILES string of the molecule is COC(=O)c1cn2ccc(Cl)cc2n1. The summed E-state index contributed by atoms with van der Waals surface area (Å²) in [5.74, 6) is -0.454. The van der Waals surface area contributed by atoms with Crippen LogP contribution in [0.1, 0.15) is 10.5 Å². The lowest BCUT2D eigenvalue weighted by atomic mass is 10.5. The van der Waals surface area contributed by atoms with Crippen molar-refractivity contribution in [3.05, 3.63) is 35.2 Å². The summed E-state index contributed by atoms with van der Waals surface area (Å²) in [6.45, 7) is 0. The van der Waals surface area contributed by atoms with Crippen LogP contribution in [0.15, 0.2) is 24.5 Å². The molecule has 72 valence electrons. The molecular formula is C9H7ClN2O2.